The van der Waals surface area contributed by atoms with Gasteiger partial charge in [-0.1, -0.05) is 18.6 Å². The summed E-state index contributed by atoms with van der Waals surface area (Å²) in [6.07, 6.45) is -1.40. The first kappa shape index (κ1) is 16.4. The van der Waals surface area contributed by atoms with Gasteiger partial charge in [-0.05, 0) is 30.5 Å². The Balaban J connectivity index is 1.58. The van der Waals surface area contributed by atoms with Gasteiger partial charge < -0.3 is 10.1 Å². The molecule has 128 valence electrons. The number of nitrogens with zero attached hydrogens (tertiary/aromatic N) is 1. The van der Waals surface area contributed by atoms with E-state index in [0.29, 0.717) is 17.3 Å². The molecule has 0 saturated heterocycles. The number of alkyl halides is 3. The molecule has 0 aliphatic heterocycles. The average molecular weight is 339 g/mol. The molecule has 0 atom stereocenters. The van der Waals surface area contributed by atoms with Gasteiger partial charge in [0.15, 0.2) is 5.82 Å². The van der Waals surface area contributed by atoms with Crippen LogP contribution in [0.3, 0.4) is 0 Å². The van der Waals surface area contributed by atoms with Crippen molar-refractivity contribution in [3.05, 3.63) is 41.6 Å². The minimum Gasteiger partial charge on any atom is -0.406 e. The van der Waals surface area contributed by atoms with Crippen LogP contribution >= 0.6 is 0 Å². The monoisotopic (exact) mass is 339 g/mol. The summed E-state index contributed by atoms with van der Waals surface area (Å²) < 4.78 is 40.5. The van der Waals surface area contributed by atoms with Crippen LogP contribution in [0.2, 0.25) is 0 Å². The van der Waals surface area contributed by atoms with Crippen molar-refractivity contribution in [2.24, 2.45) is 0 Å². The van der Waals surface area contributed by atoms with E-state index in [-0.39, 0.29) is 18.1 Å². The number of H-pyrrole nitrogens is 1. The number of halogens is 3. The van der Waals surface area contributed by atoms with E-state index < -0.39 is 6.36 Å². The van der Waals surface area contributed by atoms with Crippen LogP contribution in [-0.2, 0) is 11.2 Å². The lowest BCUT2D eigenvalue weighted by Gasteiger charge is -2.23. The number of carbonyl (C=O) groups is 1. The zero-order chi connectivity index (χ0) is 17.2. The molecule has 5 nitrogen and oxygen atoms in total. The third-order valence-electron chi connectivity index (χ3n) is 3.91. The van der Waals surface area contributed by atoms with Gasteiger partial charge in [0.1, 0.15) is 5.75 Å². The maximum Gasteiger partial charge on any atom is 0.573 e. The number of aromatic nitrogens is 2. The van der Waals surface area contributed by atoms with Gasteiger partial charge in [0.2, 0.25) is 5.91 Å². The van der Waals surface area contributed by atoms with E-state index in [2.05, 4.69) is 20.3 Å². The molecule has 1 heterocycles. The SMILES string of the molecule is O=C(Cc1cccc(OC(F)(F)F)c1)Nc1cc(C2CCC2)[nH]n1. The first-order chi connectivity index (χ1) is 11.4. The number of ether oxygens (including phenoxy) is 1. The van der Waals surface area contributed by atoms with Crippen molar-refractivity contribution in [2.45, 2.75) is 38.0 Å². The van der Waals surface area contributed by atoms with Crippen molar-refractivity contribution in [1.29, 1.82) is 0 Å². The molecule has 1 amide bonds. The molecule has 24 heavy (non-hydrogen) atoms. The Labute approximate surface area is 136 Å². The molecule has 2 aromatic rings. The van der Waals surface area contributed by atoms with Crippen LogP contribution in [0.4, 0.5) is 19.0 Å². The second-order valence-electron chi connectivity index (χ2n) is 5.76. The Morgan fingerprint density at radius 1 is 1.33 bits per heavy atom. The molecule has 8 heteroatoms. The van der Waals surface area contributed by atoms with Crippen LogP contribution in [0, 0.1) is 0 Å². The van der Waals surface area contributed by atoms with Gasteiger partial charge in [-0.25, -0.2) is 0 Å². The van der Waals surface area contributed by atoms with E-state index in [4.69, 9.17) is 0 Å². The molecule has 1 aromatic heterocycles. The van der Waals surface area contributed by atoms with E-state index in [0.717, 1.165) is 18.5 Å². The Kier molecular flexibility index (Phi) is 4.46. The average Bonchev–Trinajstić information content (AvgIpc) is 2.82. The lowest BCUT2D eigenvalue weighted by Crippen LogP contribution is -2.18. The van der Waals surface area contributed by atoms with Gasteiger partial charge in [0.25, 0.3) is 0 Å². The number of aromatic amines is 1. The third-order valence-corrected chi connectivity index (χ3v) is 3.91. The Hall–Kier alpha value is -2.51. The van der Waals surface area contributed by atoms with Gasteiger partial charge in [0, 0.05) is 17.7 Å². The van der Waals surface area contributed by atoms with Gasteiger partial charge in [-0.15, -0.1) is 13.2 Å². The first-order valence-corrected chi connectivity index (χ1v) is 7.59. The summed E-state index contributed by atoms with van der Waals surface area (Å²) in [6.45, 7) is 0. The zero-order valence-corrected chi connectivity index (χ0v) is 12.7. The highest BCUT2D eigenvalue weighted by Gasteiger charge is 2.31. The smallest absolute Gasteiger partial charge is 0.406 e. The molecule has 0 spiro atoms. The van der Waals surface area contributed by atoms with Gasteiger partial charge in [-0.2, -0.15) is 5.10 Å². The van der Waals surface area contributed by atoms with E-state index >= 15 is 0 Å². The molecule has 1 saturated carbocycles. The second kappa shape index (κ2) is 6.54. The Morgan fingerprint density at radius 2 is 2.12 bits per heavy atom. The number of anilines is 1. The molecular weight excluding hydrogens is 323 g/mol. The summed E-state index contributed by atoms with van der Waals surface area (Å²) in [5, 5.41) is 9.58. The van der Waals surface area contributed by atoms with Crippen molar-refractivity contribution in [3.8, 4) is 5.75 Å². The number of hydrogen-bond donors (Lipinski definition) is 2. The summed E-state index contributed by atoms with van der Waals surface area (Å²) in [5.74, 6) is 0.189. The number of nitrogens with one attached hydrogen (secondary N) is 2. The fraction of sp³-hybridized carbons (Fsp3) is 0.375. The summed E-state index contributed by atoms with van der Waals surface area (Å²) in [4.78, 5) is 12.0. The zero-order valence-electron chi connectivity index (χ0n) is 12.7. The molecule has 1 fully saturated rings. The minimum absolute atomic E-state index is 0.0688. The van der Waals surface area contributed by atoms with Crippen LogP contribution in [0.25, 0.3) is 0 Å². The molecule has 3 rings (SSSR count). The molecule has 1 aromatic carbocycles. The molecule has 0 bridgehead atoms. The molecule has 2 N–H and O–H groups in total. The number of rotatable bonds is 5. The largest absolute Gasteiger partial charge is 0.573 e. The summed E-state index contributed by atoms with van der Waals surface area (Å²) >= 11 is 0. The van der Waals surface area contributed by atoms with Crippen molar-refractivity contribution in [1.82, 2.24) is 10.2 Å². The summed E-state index contributed by atoms with van der Waals surface area (Å²) in [7, 11) is 0. The predicted octanol–water partition coefficient (Wildman–Crippen LogP) is 3.76. The van der Waals surface area contributed by atoms with Crippen molar-refractivity contribution in [3.63, 3.8) is 0 Å². The number of hydrogen-bond acceptors (Lipinski definition) is 3. The first-order valence-electron chi connectivity index (χ1n) is 7.59. The lowest BCUT2D eigenvalue weighted by atomic mass is 9.83. The predicted molar refractivity (Wildman–Crippen MR) is 80.6 cm³/mol. The fourth-order valence-electron chi connectivity index (χ4n) is 2.55. The van der Waals surface area contributed by atoms with Crippen LogP contribution < -0.4 is 10.1 Å². The van der Waals surface area contributed by atoms with Gasteiger partial charge in [-0.3, -0.25) is 9.89 Å². The van der Waals surface area contributed by atoms with Gasteiger partial charge in [0.05, 0.1) is 6.42 Å². The molecule has 0 radical (unpaired) electrons. The lowest BCUT2D eigenvalue weighted by molar-refractivity contribution is -0.274. The molecule has 1 aliphatic rings. The van der Waals surface area contributed by atoms with E-state index in [1.54, 1.807) is 12.1 Å². The minimum atomic E-state index is -4.76. The fourth-order valence-corrected chi connectivity index (χ4v) is 2.55. The van der Waals surface area contributed by atoms with E-state index in [9.17, 15) is 18.0 Å². The number of amides is 1. The maximum absolute atomic E-state index is 12.2. The topological polar surface area (TPSA) is 67.0 Å². The highest BCUT2D eigenvalue weighted by Crippen LogP contribution is 2.35. The van der Waals surface area contributed by atoms with Crippen molar-refractivity contribution in [2.75, 3.05) is 5.32 Å². The molecule has 1 aliphatic carbocycles. The van der Waals surface area contributed by atoms with Crippen LogP contribution in [0.1, 0.15) is 36.4 Å². The van der Waals surface area contributed by atoms with E-state index in [1.165, 1.54) is 24.6 Å². The van der Waals surface area contributed by atoms with Crippen LogP contribution in [0.5, 0.6) is 5.75 Å². The maximum atomic E-state index is 12.2. The number of carbonyl (C=O) groups excluding carboxylic acids is 1. The van der Waals surface area contributed by atoms with Gasteiger partial charge >= 0.3 is 6.36 Å². The highest BCUT2D eigenvalue weighted by molar-refractivity contribution is 5.91. The van der Waals surface area contributed by atoms with Crippen LogP contribution in [0.15, 0.2) is 30.3 Å². The third kappa shape index (κ3) is 4.27. The Bertz CT molecular complexity index is 723. The van der Waals surface area contributed by atoms with E-state index in [1.807, 2.05) is 0 Å². The Morgan fingerprint density at radius 3 is 2.79 bits per heavy atom. The second-order valence-corrected chi connectivity index (χ2v) is 5.76. The van der Waals surface area contributed by atoms with Crippen LogP contribution in [-0.4, -0.2) is 22.5 Å². The van der Waals surface area contributed by atoms with Crippen molar-refractivity contribution < 1.29 is 22.7 Å². The quantitative estimate of drug-likeness (QED) is 0.872. The molecular formula is C16H16F3N3O2. The normalized spacial score (nSPS) is 15.0. The summed E-state index contributed by atoms with van der Waals surface area (Å²) in [6, 6.07) is 7.15. The molecule has 0 unspecified atom stereocenters. The highest BCUT2D eigenvalue weighted by atomic mass is 19.4. The van der Waals surface area contributed by atoms with Crippen molar-refractivity contribution >= 4 is 11.7 Å². The number of benzene rings is 1. The summed E-state index contributed by atoms with van der Waals surface area (Å²) in [5.41, 5.74) is 1.42. The standard InChI is InChI=1S/C16H16F3N3O2/c17-16(18,19)24-12-6-1-3-10(7-12)8-15(23)20-14-9-13(21-22-14)11-4-2-5-11/h1,3,6-7,9,11H,2,4-5,8H2,(H2,20,21,22,23).